The average molecular weight is 396 g/mol. The van der Waals surface area contributed by atoms with E-state index in [0.29, 0.717) is 6.54 Å². The molecule has 0 saturated carbocycles. The molecule has 0 unspecified atom stereocenters. The standard InChI is InChI=1S/C17H25N5O2S2/c1-12-13-15(18-3-5-22-6-8-24-9-7-22)20-11-21-17(13)26-14(12)16(23)19-4-10-25-2/h11H,3-10H2,1-2H3,(H,19,23)(H,18,20,21). The highest BCUT2D eigenvalue weighted by Gasteiger charge is 2.19. The molecular weight excluding hydrogens is 370 g/mol. The maximum Gasteiger partial charge on any atom is 0.261 e. The Morgan fingerprint density at radius 2 is 2.15 bits per heavy atom. The van der Waals surface area contributed by atoms with Crippen molar-refractivity contribution < 1.29 is 9.53 Å². The molecule has 2 aromatic rings. The van der Waals surface area contributed by atoms with Crippen LogP contribution in [0, 0.1) is 6.92 Å². The summed E-state index contributed by atoms with van der Waals surface area (Å²) in [6.45, 7) is 7.93. The molecule has 0 aromatic carbocycles. The Hall–Kier alpha value is -1.42. The number of amides is 1. The number of carbonyl (C=O) groups is 1. The fourth-order valence-corrected chi connectivity index (χ4v) is 4.30. The maximum absolute atomic E-state index is 12.4. The summed E-state index contributed by atoms with van der Waals surface area (Å²) < 4.78 is 5.38. The van der Waals surface area contributed by atoms with Crippen LogP contribution in [0.4, 0.5) is 5.82 Å². The molecule has 0 radical (unpaired) electrons. The highest BCUT2D eigenvalue weighted by atomic mass is 32.2. The summed E-state index contributed by atoms with van der Waals surface area (Å²) >= 11 is 3.14. The molecule has 2 aromatic heterocycles. The zero-order chi connectivity index (χ0) is 18.4. The first-order valence-electron chi connectivity index (χ1n) is 8.76. The van der Waals surface area contributed by atoms with Crippen molar-refractivity contribution in [2.45, 2.75) is 6.92 Å². The summed E-state index contributed by atoms with van der Waals surface area (Å²) in [6, 6.07) is 0. The lowest BCUT2D eigenvalue weighted by Crippen LogP contribution is -2.39. The number of anilines is 1. The Morgan fingerprint density at radius 1 is 1.35 bits per heavy atom. The van der Waals surface area contributed by atoms with Crippen molar-refractivity contribution in [2.24, 2.45) is 0 Å². The van der Waals surface area contributed by atoms with E-state index in [1.54, 1.807) is 18.1 Å². The highest BCUT2D eigenvalue weighted by molar-refractivity contribution is 7.98. The fourth-order valence-electron chi connectivity index (χ4n) is 2.93. The Morgan fingerprint density at radius 3 is 2.92 bits per heavy atom. The first-order chi connectivity index (χ1) is 12.7. The Kier molecular flexibility index (Phi) is 7.07. The lowest BCUT2D eigenvalue weighted by molar-refractivity contribution is 0.0398. The zero-order valence-electron chi connectivity index (χ0n) is 15.2. The molecule has 1 fully saturated rings. The van der Waals surface area contributed by atoms with Gasteiger partial charge in [-0.3, -0.25) is 9.69 Å². The van der Waals surface area contributed by atoms with Crippen LogP contribution in [0.3, 0.4) is 0 Å². The number of fused-ring (bicyclic) bond motifs is 1. The lowest BCUT2D eigenvalue weighted by atomic mass is 10.2. The number of rotatable bonds is 8. The Bertz CT molecular complexity index is 746. The van der Waals surface area contributed by atoms with Crippen LogP contribution < -0.4 is 10.6 Å². The summed E-state index contributed by atoms with van der Waals surface area (Å²) in [5, 5.41) is 7.34. The summed E-state index contributed by atoms with van der Waals surface area (Å²) in [7, 11) is 0. The minimum absolute atomic E-state index is 0.0289. The summed E-state index contributed by atoms with van der Waals surface area (Å²) in [4.78, 5) is 25.1. The van der Waals surface area contributed by atoms with Crippen LogP contribution >= 0.6 is 23.1 Å². The van der Waals surface area contributed by atoms with Crippen LogP contribution in [-0.4, -0.2) is 78.7 Å². The topological polar surface area (TPSA) is 79.4 Å². The molecule has 1 aliphatic heterocycles. The van der Waals surface area contributed by atoms with Crippen LogP contribution in [-0.2, 0) is 4.74 Å². The molecule has 2 N–H and O–H groups in total. The lowest BCUT2D eigenvalue weighted by Gasteiger charge is -2.26. The molecule has 3 heterocycles. The van der Waals surface area contributed by atoms with Gasteiger partial charge in [-0.25, -0.2) is 9.97 Å². The first-order valence-corrected chi connectivity index (χ1v) is 11.0. The quantitative estimate of drug-likeness (QED) is 0.660. The molecule has 1 amide bonds. The number of morpholine rings is 1. The third kappa shape index (κ3) is 4.64. The maximum atomic E-state index is 12.4. The van der Waals surface area contributed by atoms with E-state index in [1.807, 2.05) is 13.2 Å². The third-order valence-electron chi connectivity index (χ3n) is 4.35. The minimum atomic E-state index is -0.0289. The smallest absolute Gasteiger partial charge is 0.261 e. The second-order valence-electron chi connectivity index (χ2n) is 6.09. The van der Waals surface area contributed by atoms with Crippen LogP contribution in [0.25, 0.3) is 10.2 Å². The van der Waals surface area contributed by atoms with Crippen molar-refractivity contribution in [1.29, 1.82) is 0 Å². The molecule has 0 bridgehead atoms. The van der Waals surface area contributed by atoms with Gasteiger partial charge in [0.25, 0.3) is 5.91 Å². The monoisotopic (exact) mass is 395 g/mol. The number of ether oxygens (including phenoxy) is 1. The van der Waals surface area contributed by atoms with Gasteiger partial charge in [-0.2, -0.15) is 11.8 Å². The van der Waals surface area contributed by atoms with E-state index in [0.717, 1.165) is 71.6 Å². The average Bonchev–Trinajstić information content (AvgIpc) is 3.00. The predicted molar refractivity (Wildman–Crippen MR) is 109 cm³/mol. The number of nitrogens with zero attached hydrogens (tertiary/aromatic N) is 3. The van der Waals surface area contributed by atoms with E-state index in [4.69, 9.17) is 4.74 Å². The second-order valence-corrected chi connectivity index (χ2v) is 8.07. The number of aromatic nitrogens is 2. The molecular formula is C17H25N5O2S2. The molecule has 0 aliphatic carbocycles. The minimum Gasteiger partial charge on any atom is -0.379 e. The van der Waals surface area contributed by atoms with Crippen molar-refractivity contribution in [3.8, 4) is 0 Å². The Balaban J connectivity index is 1.69. The van der Waals surface area contributed by atoms with Gasteiger partial charge in [0.1, 0.15) is 17.0 Å². The van der Waals surface area contributed by atoms with Gasteiger partial charge in [0.2, 0.25) is 0 Å². The molecule has 0 spiro atoms. The van der Waals surface area contributed by atoms with Gasteiger partial charge < -0.3 is 15.4 Å². The number of carbonyl (C=O) groups excluding carboxylic acids is 1. The number of thioether (sulfide) groups is 1. The normalized spacial score (nSPS) is 15.3. The van der Waals surface area contributed by atoms with E-state index in [-0.39, 0.29) is 5.91 Å². The van der Waals surface area contributed by atoms with Crippen molar-refractivity contribution in [2.75, 3.05) is 63.3 Å². The van der Waals surface area contributed by atoms with E-state index < -0.39 is 0 Å². The van der Waals surface area contributed by atoms with Gasteiger partial charge in [0.15, 0.2) is 0 Å². The summed E-state index contributed by atoms with van der Waals surface area (Å²) in [5.74, 6) is 1.68. The second kappa shape index (κ2) is 9.50. The molecule has 0 atom stereocenters. The van der Waals surface area contributed by atoms with Crippen molar-refractivity contribution in [3.63, 3.8) is 0 Å². The number of nitrogens with one attached hydrogen (secondary N) is 2. The summed E-state index contributed by atoms with van der Waals surface area (Å²) in [6.07, 6.45) is 3.59. The predicted octanol–water partition coefficient (Wildman–Crippen LogP) is 1.84. The van der Waals surface area contributed by atoms with Gasteiger partial charge in [-0.1, -0.05) is 0 Å². The van der Waals surface area contributed by atoms with Crippen molar-refractivity contribution in [1.82, 2.24) is 20.2 Å². The van der Waals surface area contributed by atoms with E-state index >= 15 is 0 Å². The van der Waals surface area contributed by atoms with Crippen molar-refractivity contribution >= 4 is 45.0 Å². The first kappa shape index (κ1) is 19.3. The molecule has 142 valence electrons. The largest absolute Gasteiger partial charge is 0.379 e. The van der Waals surface area contributed by atoms with Crippen LogP contribution in [0.15, 0.2) is 6.33 Å². The molecule has 3 rings (SSSR count). The van der Waals surface area contributed by atoms with Crippen LogP contribution in [0.2, 0.25) is 0 Å². The van der Waals surface area contributed by atoms with Crippen LogP contribution in [0.1, 0.15) is 15.2 Å². The van der Waals surface area contributed by atoms with Gasteiger partial charge in [0, 0.05) is 38.5 Å². The molecule has 1 aliphatic rings. The molecule has 9 heteroatoms. The summed E-state index contributed by atoms with van der Waals surface area (Å²) in [5.41, 5.74) is 0.945. The van der Waals surface area contributed by atoms with E-state index in [9.17, 15) is 4.79 Å². The Labute approximate surface area is 161 Å². The highest BCUT2D eigenvalue weighted by Crippen LogP contribution is 2.33. The van der Waals surface area contributed by atoms with E-state index in [1.165, 1.54) is 11.3 Å². The van der Waals surface area contributed by atoms with Gasteiger partial charge in [-0.15, -0.1) is 11.3 Å². The van der Waals surface area contributed by atoms with E-state index in [2.05, 4.69) is 25.5 Å². The van der Waals surface area contributed by atoms with Gasteiger partial charge >= 0.3 is 0 Å². The zero-order valence-corrected chi connectivity index (χ0v) is 16.8. The molecule has 7 nitrogen and oxygen atoms in total. The molecule has 26 heavy (non-hydrogen) atoms. The molecule has 1 saturated heterocycles. The third-order valence-corrected chi connectivity index (χ3v) is 6.16. The number of aryl methyl sites for hydroxylation is 1. The van der Waals surface area contributed by atoms with Gasteiger partial charge in [-0.05, 0) is 18.7 Å². The number of hydrogen-bond donors (Lipinski definition) is 2. The number of thiophene rings is 1. The number of hydrogen-bond acceptors (Lipinski definition) is 8. The van der Waals surface area contributed by atoms with Crippen LogP contribution in [0.5, 0.6) is 0 Å². The van der Waals surface area contributed by atoms with Gasteiger partial charge in [0.05, 0.1) is 23.5 Å². The SMILES string of the molecule is CSCCNC(=O)c1sc2ncnc(NCCN3CCOCC3)c2c1C. The van der Waals surface area contributed by atoms with Crippen molar-refractivity contribution in [3.05, 3.63) is 16.8 Å². The fraction of sp³-hybridized carbons (Fsp3) is 0.588.